The van der Waals surface area contributed by atoms with E-state index < -0.39 is 67.3 Å². The van der Waals surface area contributed by atoms with Gasteiger partial charge in [0.15, 0.2) is 24.6 Å². The Bertz CT molecular complexity index is 1790. The van der Waals surface area contributed by atoms with Crippen LogP contribution in [0.15, 0.2) is 109 Å². The number of carbonyl (C=O) groups excluding carboxylic acids is 3. The summed E-state index contributed by atoms with van der Waals surface area (Å²) < 4.78 is 28.3. The Hall–Kier alpha value is -4.62. The van der Waals surface area contributed by atoms with Crippen LogP contribution in [0.25, 0.3) is 0 Å². The molecule has 1 aliphatic heterocycles. The quantitative estimate of drug-likeness (QED) is 0.0228. The van der Waals surface area contributed by atoms with Crippen LogP contribution in [-0.4, -0.2) is 89.2 Å². The molecule has 6 atom stereocenters. The van der Waals surface area contributed by atoms with Crippen molar-refractivity contribution in [3.05, 3.63) is 109 Å². The zero-order valence-electron chi connectivity index (χ0n) is 49.3. The SMILES string of the molecule is CC/C=C\C/C=C\C/C=C\C/C=C\C/C=C\CC(=O)OC1C(OCC(COC(=O)CCCCCCCCCCCCCCCCCCCCC)OC(=O)CCCC/C=C\C/C=C\C/C=C\C/C=C\CC)OC(C(=O)O)C(O)C1O. The van der Waals surface area contributed by atoms with Gasteiger partial charge in [0.1, 0.15) is 18.8 Å². The Morgan fingerprint density at radius 1 is 0.443 bits per heavy atom. The summed E-state index contributed by atoms with van der Waals surface area (Å²) in [6.45, 7) is 5.70. The standard InChI is InChI=1S/C67H108O12/c1-4-7-10-13-16-19-22-25-28-29-30-31-34-35-38-41-44-47-50-53-59(68)75-56-58(77-60(69)54-51-48-45-42-39-36-32-26-23-20-17-14-11-8-5-2)57-76-67-65(63(72)62(71)64(79-67)66(73)74)78-61(70)55-52-49-46-43-40-37-33-27-24-21-18-15-12-9-6-3/h8-9,11-12,17-18,20-21,26-27,32-33,39-40,42-43,49,52,58,62-65,67,71-72H,4-7,10,13-16,19,22-25,28-31,34-38,41,44-48,50-51,53-57H2,1-3H3,(H,73,74)/b11-8-,12-9-,20-17-,21-18-,32-26-,33-27-,42-39-,43-40-,52-49-. The van der Waals surface area contributed by atoms with E-state index in [0.717, 1.165) is 83.5 Å². The van der Waals surface area contributed by atoms with E-state index in [2.05, 4.69) is 106 Å². The second kappa shape index (κ2) is 54.0. The lowest BCUT2D eigenvalue weighted by molar-refractivity contribution is -0.301. The topological polar surface area (TPSA) is 175 Å². The summed E-state index contributed by atoms with van der Waals surface area (Å²) in [6.07, 6.45) is 60.9. The van der Waals surface area contributed by atoms with Crippen LogP contribution in [0.3, 0.4) is 0 Å². The third-order valence-corrected chi connectivity index (χ3v) is 13.4. The second-order valence-corrected chi connectivity index (χ2v) is 20.6. The molecular weight excluding hydrogens is 997 g/mol. The number of carbonyl (C=O) groups is 4. The van der Waals surface area contributed by atoms with Crippen LogP contribution >= 0.6 is 0 Å². The maximum atomic E-state index is 13.1. The van der Waals surface area contributed by atoms with Crippen LogP contribution in [0, 0.1) is 0 Å². The molecule has 0 aromatic carbocycles. The number of hydrogen-bond acceptors (Lipinski definition) is 11. The molecule has 6 unspecified atom stereocenters. The molecule has 1 rings (SSSR count). The number of unbranched alkanes of at least 4 members (excludes halogenated alkanes) is 20. The van der Waals surface area contributed by atoms with Crippen molar-refractivity contribution in [1.29, 1.82) is 0 Å². The Balaban J connectivity index is 2.73. The van der Waals surface area contributed by atoms with Crippen molar-refractivity contribution < 1.29 is 58.2 Å². The monoisotopic (exact) mass is 1100 g/mol. The third-order valence-electron chi connectivity index (χ3n) is 13.4. The van der Waals surface area contributed by atoms with Crippen LogP contribution in [0.5, 0.6) is 0 Å². The number of allylic oxidation sites excluding steroid dienone is 17. The van der Waals surface area contributed by atoms with E-state index >= 15 is 0 Å². The first-order valence-electron chi connectivity index (χ1n) is 30.9. The van der Waals surface area contributed by atoms with Gasteiger partial charge >= 0.3 is 23.9 Å². The summed E-state index contributed by atoms with van der Waals surface area (Å²) in [6, 6.07) is 0. The van der Waals surface area contributed by atoms with Crippen molar-refractivity contribution in [2.45, 2.75) is 276 Å². The molecule has 0 aromatic heterocycles. The number of aliphatic hydroxyl groups excluding tert-OH is 2. The Labute approximate surface area is 478 Å². The molecule has 0 aliphatic carbocycles. The lowest BCUT2D eigenvalue weighted by Gasteiger charge is -2.40. The van der Waals surface area contributed by atoms with Crippen LogP contribution in [0.1, 0.15) is 239 Å². The molecule has 12 heteroatoms. The average Bonchev–Trinajstić information content (AvgIpc) is 3.44. The Morgan fingerprint density at radius 3 is 1.28 bits per heavy atom. The number of aliphatic carboxylic acids is 1. The Kier molecular flexibility index (Phi) is 49.5. The van der Waals surface area contributed by atoms with Crippen molar-refractivity contribution in [2.75, 3.05) is 13.2 Å². The van der Waals surface area contributed by atoms with Crippen molar-refractivity contribution in [1.82, 2.24) is 0 Å². The smallest absolute Gasteiger partial charge is 0.335 e. The van der Waals surface area contributed by atoms with E-state index in [1.54, 1.807) is 12.2 Å². The van der Waals surface area contributed by atoms with Gasteiger partial charge < -0.3 is 39.0 Å². The highest BCUT2D eigenvalue weighted by Gasteiger charge is 2.50. The van der Waals surface area contributed by atoms with Gasteiger partial charge in [-0.05, 0) is 83.5 Å². The number of hydrogen-bond donors (Lipinski definition) is 3. The summed E-state index contributed by atoms with van der Waals surface area (Å²) in [5.74, 6) is -3.34. The molecule has 0 amide bonds. The minimum Gasteiger partial charge on any atom is -0.479 e. The first-order valence-corrected chi connectivity index (χ1v) is 30.9. The van der Waals surface area contributed by atoms with Gasteiger partial charge in [-0.1, -0.05) is 246 Å². The highest BCUT2D eigenvalue weighted by molar-refractivity contribution is 5.74. The molecule has 12 nitrogen and oxygen atoms in total. The van der Waals surface area contributed by atoms with Crippen molar-refractivity contribution in [3.63, 3.8) is 0 Å². The number of rotatable bonds is 51. The maximum Gasteiger partial charge on any atom is 0.335 e. The lowest BCUT2D eigenvalue weighted by Crippen LogP contribution is -2.61. The van der Waals surface area contributed by atoms with Gasteiger partial charge in [-0.2, -0.15) is 0 Å². The van der Waals surface area contributed by atoms with Crippen molar-refractivity contribution in [2.24, 2.45) is 0 Å². The van der Waals surface area contributed by atoms with Gasteiger partial charge in [-0.15, -0.1) is 0 Å². The van der Waals surface area contributed by atoms with E-state index in [1.807, 2.05) is 12.2 Å². The van der Waals surface area contributed by atoms with Crippen LogP contribution in [0.2, 0.25) is 0 Å². The van der Waals surface area contributed by atoms with Gasteiger partial charge in [0, 0.05) is 12.8 Å². The van der Waals surface area contributed by atoms with E-state index in [4.69, 9.17) is 23.7 Å². The first-order chi connectivity index (χ1) is 38.6. The normalized spacial score (nSPS) is 18.6. The highest BCUT2D eigenvalue weighted by Crippen LogP contribution is 2.26. The predicted molar refractivity (Wildman–Crippen MR) is 321 cm³/mol. The molecule has 79 heavy (non-hydrogen) atoms. The summed E-state index contributed by atoms with van der Waals surface area (Å²) in [5, 5.41) is 31.5. The molecule has 0 bridgehead atoms. The molecule has 1 aliphatic rings. The van der Waals surface area contributed by atoms with Gasteiger partial charge in [-0.3, -0.25) is 14.4 Å². The summed E-state index contributed by atoms with van der Waals surface area (Å²) in [5.41, 5.74) is 0. The number of carboxylic acid groups (broad SMARTS) is 1. The van der Waals surface area contributed by atoms with Crippen LogP contribution < -0.4 is 0 Å². The van der Waals surface area contributed by atoms with E-state index in [9.17, 15) is 34.5 Å². The molecule has 3 N–H and O–H groups in total. The predicted octanol–water partition coefficient (Wildman–Crippen LogP) is 16.2. The fourth-order valence-corrected chi connectivity index (χ4v) is 8.73. The zero-order valence-corrected chi connectivity index (χ0v) is 49.3. The molecule has 448 valence electrons. The van der Waals surface area contributed by atoms with E-state index in [0.29, 0.717) is 19.3 Å². The molecule has 0 aromatic rings. The van der Waals surface area contributed by atoms with E-state index in [-0.39, 0.29) is 25.9 Å². The minimum atomic E-state index is -1.95. The van der Waals surface area contributed by atoms with Gasteiger partial charge in [-0.25, -0.2) is 4.79 Å². The molecule has 1 saturated heterocycles. The van der Waals surface area contributed by atoms with Crippen molar-refractivity contribution >= 4 is 23.9 Å². The van der Waals surface area contributed by atoms with Gasteiger partial charge in [0.25, 0.3) is 0 Å². The molecular formula is C67H108O12. The number of aliphatic hydroxyl groups is 2. The maximum absolute atomic E-state index is 13.1. The number of carboxylic acids is 1. The first kappa shape index (κ1) is 72.4. The van der Waals surface area contributed by atoms with Crippen LogP contribution in [-0.2, 0) is 42.9 Å². The molecule has 0 radical (unpaired) electrons. The fraction of sp³-hybridized carbons (Fsp3) is 0.672. The number of ether oxygens (including phenoxy) is 5. The number of esters is 3. The minimum absolute atomic E-state index is 0.0965. The third kappa shape index (κ3) is 43.8. The Morgan fingerprint density at radius 2 is 0.835 bits per heavy atom. The van der Waals surface area contributed by atoms with Gasteiger partial charge in [0.05, 0.1) is 13.0 Å². The van der Waals surface area contributed by atoms with E-state index in [1.165, 1.54) is 96.3 Å². The van der Waals surface area contributed by atoms with Gasteiger partial charge in [0.2, 0.25) is 0 Å². The van der Waals surface area contributed by atoms with Crippen molar-refractivity contribution in [3.8, 4) is 0 Å². The second-order valence-electron chi connectivity index (χ2n) is 20.6. The molecule has 1 heterocycles. The summed E-state index contributed by atoms with van der Waals surface area (Å²) >= 11 is 0. The lowest BCUT2D eigenvalue weighted by atomic mass is 9.98. The fourth-order valence-electron chi connectivity index (χ4n) is 8.73. The zero-order chi connectivity index (χ0) is 57.5. The highest BCUT2D eigenvalue weighted by atomic mass is 16.7. The largest absolute Gasteiger partial charge is 0.479 e. The van der Waals surface area contributed by atoms with Crippen LogP contribution in [0.4, 0.5) is 0 Å². The molecule has 0 spiro atoms. The molecule has 1 fully saturated rings. The summed E-state index contributed by atoms with van der Waals surface area (Å²) in [4.78, 5) is 51.1. The summed E-state index contributed by atoms with van der Waals surface area (Å²) in [7, 11) is 0. The average molecular weight is 1110 g/mol. The molecule has 0 saturated carbocycles.